The summed E-state index contributed by atoms with van der Waals surface area (Å²) in [6.07, 6.45) is 2.44. The average molecular weight is 154 g/mol. The molecule has 0 saturated heterocycles. The van der Waals surface area contributed by atoms with Gasteiger partial charge in [0.25, 0.3) is 0 Å². The van der Waals surface area contributed by atoms with Crippen molar-refractivity contribution in [2.45, 2.75) is 38.4 Å². The van der Waals surface area contributed by atoms with Crippen LogP contribution >= 0.6 is 0 Å². The van der Waals surface area contributed by atoms with Crippen molar-refractivity contribution < 1.29 is 10.2 Å². The number of hydrogen-bond donors (Lipinski definition) is 2. The third kappa shape index (κ3) is 0.472. The fourth-order valence-electron chi connectivity index (χ4n) is 2.82. The number of hydrogen-bond acceptors (Lipinski definition) is 2. The summed E-state index contributed by atoms with van der Waals surface area (Å²) in [7, 11) is 0. The Hall–Kier alpha value is -0.340. The number of aliphatic hydroxyl groups is 2. The van der Waals surface area contributed by atoms with E-state index in [4.69, 9.17) is 0 Å². The van der Waals surface area contributed by atoms with Crippen LogP contribution in [0.25, 0.3) is 0 Å². The maximum Gasteiger partial charge on any atom is 0.123 e. The zero-order valence-electron chi connectivity index (χ0n) is 7.18. The molecule has 62 valence electrons. The first-order valence-corrected chi connectivity index (χ1v) is 3.98. The smallest absolute Gasteiger partial charge is 0.123 e. The highest BCUT2D eigenvalue weighted by molar-refractivity contribution is 5.49. The summed E-state index contributed by atoms with van der Waals surface area (Å²) in [6.45, 7) is 5.84. The average Bonchev–Trinajstić information content (AvgIpc) is 1.84. The van der Waals surface area contributed by atoms with Gasteiger partial charge < -0.3 is 10.2 Å². The van der Waals surface area contributed by atoms with Crippen molar-refractivity contribution in [3.8, 4) is 0 Å². The van der Waals surface area contributed by atoms with E-state index in [1.807, 2.05) is 20.8 Å². The largest absolute Gasteiger partial charge is 0.382 e. The molecule has 2 nitrogen and oxygen atoms in total. The predicted molar refractivity (Wildman–Crippen MR) is 42.1 cm³/mol. The number of fused-ring (bicyclic) bond motifs is 1. The second-order valence-corrected chi connectivity index (χ2v) is 4.52. The van der Waals surface area contributed by atoms with Crippen molar-refractivity contribution in [2.24, 2.45) is 5.41 Å². The predicted octanol–water partition coefficient (Wildman–Crippen LogP) is 0.838. The van der Waals surface area contributed by atoms with Gasteiger partial charge in [-0.05, 0) is 25.0 Å². The molecule has 2 aliphatic carbocycles. The number of rotatable bonds is 0. The van der Waals surface area contributed by atoms with E-state index in [2.05, 4.69) is 0 Å². The molecule has 0 spiro atoms. The van der Waals surface area contributed by atoms with E-state index >= 15 is 0 Å². The monoisotopic (exact) mass is 154 g/mol. The lowest BCUT2D eigenvalue weighted by atomic mass is 9.41. The Labute approximate surface area is 66.5 Å². The minimum Gasteiger partial charge on any atom is -0.382 e. The van der Waals surface area contributed by atoms with E-state index in [1.54, 1.807) is 6.08 Å². The van der Waals surface area contributed by atoms with E-state index in [0.29, 0.717) is 6.42 Å². The fourth-order valence-corrected chi connectivity index (χ4v) is 2.82. The van der Waals surface area contributed by atoms with Gasteiger partial charge in [-0.3, -0.25) is 0 Å². The topological polar surface area (TPSA) is 40.5 Å². The molecule has 0 amide bonds. The molecule has 1 fully saturated rings. The zero-order valence-corrected chi connectivity index (χ0v) is 7.18. The Balaban J connectivity index is 2.44. The molecule has 0 aliphatic heterocycles. The lowest BCUT2D eigenvalue weighted by Gasteiger charge is -2.69. The van der Waals surface area contributed by atoms with Crippen molar-refractivity contribution in [1.29, 1.82) is 0 Å². The van der Waals surface area contributed by atoms with Crippen LogP contribution in [-0.4, -0.2) is 21.4 Å². The molecule has 0 radical (unpaired) electrons. The van der Waals surface area contributed by atoms with Gasteiger partial charge in [0.2, 0.25) is 0 Å². The molecule has 2 aliphatic rings. The van der Waals surface area contributed by atoms with Gasteiger partial charge in [-0.25, -0.2) is 0 Å². The van der Waals surface area contributed by atoms with E-state index in [9.17, 15) is 10.2 Å². The summed E-state index contributed by atoms with van der Waals surface area (Å²) in [6, 6.07) is 0. The van der Waals surface area contributed by atoms with Crippen LogP contribution in [0.4, 0.5) is 0 Å². The molecule has 2 N–H and O–H groups in total. The van der Waals surface area contributed by atoms with Crippen LogP contribution in [0, 0.1) is 5.41 Å². The highest BCUT2D eigenvalue weighted by Gasteiger charge is 2.73. The van der Waals surface area contributed by atoms with Crippen LogP contribution < -0.4 is 0 Å². The van der Waals surface area contributed by atoms with E-state index in [0.717, 1.165) is 5.57 Å². The van der Waals surface area contributed by atoms with Gasteiger partial charge in [-0.1, -0.05) is 13.8 Å². The van der Waals surface area contributed by atoms with Crippen molar-refractivity contribution in [2.75, 3.05) is 0 Å². The van der Waals surface area contributed by atoms with E-state index in [1.165, 1.54) is 0 Å². The summed E-state index contributed by atoms with van der Waals surface area (Å²) < 4.78 is 0. The summed E-state index contributed by atoms with van der Waals surface area (Å²) in [5.41, 5.74) is -1.07. The Morgan fingerprint density at radius 3 is 2.09 bits per heavy atom. The first-order valence-electron chi connectivity index (χ1n) is 3.98. The SMILES string of the molecule is CC1=CC2(O)CC(C)(C)C12O. The molecule has 0 heterocycles. The summed E-state index contributed by atoms with van der Waals surface area (Å²) in [5.74, 6) is 0. The molecule has 0 bridgehead atoms. The summed E-state index contributed by atoms with van der Waals surface area (Å²) in [5, 5.41) is 19.7. The minimum absolute atomic E-state index is 0.152. The molecule has 0 aromatic heterocycles. The Morgan fingerprint density at radius 2 is 1.91 bits per heavy atom. The van der Waals surface area contributed by atoms with Gasteiger partial charge >= 0.3 is 0 Å². The first kappa shape index (κ1) is 7.32. The third-order valence-corrected chi connectivity index (χ3v) is 3.34. The van der Waals surface area contributed by atoms with Gasteiger partial charge in [0.05, 0.1) is 0 Å². The first-order chi connectivity index (χ1) is 4.83. The van der Waals surface area contributed by atoms with Gasteiger partial charge in [0, 0.05) is 5.41 Å². The van der Waals surface area contributed by atoms with Crippen LogP contribution in [-0.2, 0) is 0 Å². The van der Waals surface area contributed by atoms with Crippen LogP contribution in [0.15, 0.2) is 11.6 Å². The van der Waals surface area contributed by atoms with Crippen LogP contribution in [0.3, 0.4) is 0 Å². The maximum absolute atomic E-state index is 10.0. The standard InChI is InChI=1S/C9H14O2/c1-6-4-8(10)5-7(2,3)9(6,8)11/h4,10-11H,5H2,1-3H3. The molecule has 11 heavy (non-hydrogen) atoms. The van der Waals surface area contributed by atoms with Crippen LogP contribution in [0.5, 0.6) is 0 Å². The lowest BCUT2D eigenvalue weighted by Crippen LogP contribution is -2.78. The van der Waals surface area contributed by atoms with Crippen LogP contribution in [0.1, 0.15) is 27.2 Å². The Kier molecular flexibility index (Phi) is 0.938. The third-order valence-electron chi connectivity index (χ3n) is 3.34. The van der Waals surface area contributed by atoms with Gasteiger partial charge in [-0.15, -0.1) is 0 Å². The summed E-state index contributed by atoms with van der Waals surface area (Å²) in [4.78, 5) is 0. The minimum atomic E-state index is -0.931. The van der Waals surface area contributed by atoms with Crippen molar-refractivity contribution in [3.05, 3.63) is 11.6 Å². The molecule has 0 aromatic carbocycles. The highest BCUT2D eigenvalue weighted by Crippen LogP contribution is 2.66. The molecule has 1 saturated carbocycles. The van der Waals surface area contributed by atoms with Crippen molar-refractivity contribution in [3.63, 3.8) is 0 Å². The molecule has 2 rings (SSSR count). The van der Waals surface area contributed by atoms with Gasteiger partial charge in [-0.2, -0.15) is 0 Å². The molecule has 2 unspecified atom stereocenters. The normalized spacial score (nSPS) is 51.9. The maximum atomic E-state index is 10.0. The van der Waals surface area contributed by atoms with Crippen molar-refractivity contribution >= 4 is 0 Å². The fraction of sp³-hybridized carbons (Fsp3) is 0.778. The quantitative estimate of drug-likeness (QED) is 0.507. The van der Waals surface area contributed by atoms with Gasteiger partial charge in [0.1, 0.15) is 11.2 Å². The zero-order chi connectivity index (χ0) is 8.49. The van der Waals surface area contributed by atoms with Crippen LogP contribution in [0.2, 0.25) is 0 Å². The van der Waals surface area contributed by atoms with Crippen molar-refractivity contribution in [1.82, 2.24) is 0 Å². The molecule has 2 atom stereocenters. The molecular weight excluding hydrogens is 140 g/mol. The van der Waals surface area contributed by atoms with Gasteiger partial charge in [0.15, 0.2) is 0 Å². The molecule has 0 aromatic rings. The van der Waals surface area contributed by atoms with E-state index < -0.39 is 11.2 Å². The van der Waals surface area contributed by atoms with E-state index in [-0.39, 0.29) is 5.41 Å². The Bertz CT molecular complexity index is 254. The Morgan fingerprint density at radius 1 is 1.36 bits per heavy atom. The molecular formula is C9H14O2. The highest BCUT2D eigenvalue weighted by atomic mass is 16.4. The molecule has 2 heteroatoms. The second kappa shape index (κ2) is 1.41. The lowest BCUT2D eigenvalue weighted by molar-refractivity contribution is -0.274. The second-order valence-electron chi connectivity index (χ2n) is 4.52. The summed E-state index contributed by atoms with van der Waals surface area (Å²) >= 11 is 0.